The van der Waals surface area contributed by atoms with E-state index in [-0.39, 0.29) is 32.9 Å². The van der Waals surface area contributed by atoms with Gasteiger partial charge in [0.2, 0.25) is 9.84 Å². The predicted molar refractivity (Wildman–Crippen MR) is 178 cm³/mol. The first-order valence-electron chi connectivity index (χ1n) is 14.9. The molecule has 0 saturated carbocycles. The fourth-order valence-electron chi connectivity index (χ4n) is 5.20. The summed E-state index contributed by atoms with van der Waals surface area (Å²) < 4.78 is 32.6. The molecule has 3 N–H and O–H groups in total. The topological polar surface area (TPSA) is 113 Å². The number of aliphatic hydroxyl groups excluding tert-OH is 1. The normalized spacial score (nSPS) is 12.7. The van der Waals surface area contributed by atoms with Crippen molar-refractivity contribution in [1.82, 2.24) is 5.32 Å². The van der Waals surface area contributed by atoms with Crippen LogP contribution in [-0.4, -0.2) is 37.2 Å². The van der Waals surface area contributed by atoms with Gasteiger partial charge in [0.1, 0.15) is 17.1 Å². The minimum absolute atomic E-state index is 0.0226. The number of sulfone groups is 1. The summed E-state index contributed by atoms with van der Waals surface area (Å²) in [6, 6.07) is 36.0. The van der Waals surface area contributed by atoms with Crippen molar-refractivity contribution in [3.05, 3.63) is 155 Å². The molecule has 0 fully saturated rings. The lowest BCUT2D eigenvalue weighted by atomic mass is 9.96. The molecule has 0 amide bonds. The van der Waals surface area contributed by atoms with E-state index in [1.807, 2.05) is 42.5 Å². The molecule has 0 saturated heterocycles. The summed E-state index contributed by atoms with van der Waals surface area (Å²) >= 11 is 6.18. The van der Waals surface area contributed by atoms with E-state index in [2.05, 4.69) is 5.32 Å². The van der Waals surface area contributed by atoms with Crippen LogP contribution >= 0.6 is 11.6 Å². The average Bonchev–Trinajstić information content (AvgIpc) is 3.07. The van der Waals surface area contributed by atoms with Gasteiger partial charge >= 0.3 is 5.97 Å². The number of carboxylic acids is 1. The van der Waals surface area contributed by atoms with Crippen LogP contribution in [0.1, 0.15) is 39.6 Å². The first-order valence-corrected chi connectivity index (χ1v) is 16.7. The monoisotopic (exact) mass is 655 g/mol. The zero-order valence-corrected chi connectivity index (χ0v) is 26.5. The minimum atomic E-state index is -3.85. The second kappa shape index (κ2) is 15.2. The highest BCUT2D eigenvalue weighted by atomic mass is 35.5. The number of hydrogen-bond donors (Lipinski definition) is 3. The molecule has 5 rings (SSSR count). The molecule has 5 aromatic carbocycles. The zero-order valence-electron chi connectivity index (χ0n) is 24.9. The first-order chi connectivity index (χ1) is 22.2. The van der Waals surface area contributed by atoms with Gasteiger partial charge in [0.15, 0.2) is 0 Å². The van der Waals surface area contributed by atoms with Gasteiger partial charge in [-0.25, -0.2) is 13.2 Å². The molecule has 46 heavy (non-hydrogen) atoms. The largest absolute Gasteiger partial charge is 0.478 e. The van der Waals surface area contributed by atoms with Gasteiger partial charge in [0.25, 0.3) is 0 Å². The zero-order chi connectivity index (χ0) is 32.5. The van der Waals surface area contributed by atoms with Crippen molar-refractivity contribution in [2.45, 2.75) is 41.2 Å². The van der Waals surface area contributed by atoms with E-state index in [0.29, 0.717) is 24.4 Å². The van der Waals surface area contributed by atoms with Crippen LogP contribution in [0.15, 0.2) is 137 Å². The van der Waals surface area contributed by atoms with Crippen LogP contribution in [0.5, 0.6) is 11.5 Å². The molecule has 2 atom stereocenters. The standard InChI is InChI=1S/C37H34ClNO6S/c38-29-13-6-12-28(24-29)36(40)34(23-27-9-2-1-3-10-27)39-22-8-11-26-18-20-31(21-19-26)46(43,44)32-15-7-14-30(25-32)45-35-17-5-4-16-33(35)37(41)42/h1-7,9-10,12-21,24-25,34,36,39-40H,8,11,22-23H2,(H,41,42)/t34?,36-/m1/s1. The number of carboxylic acid groups (broad SMARTS) is 1. The number of ether oxygens (including phenoxy) is 1. The third kappa shape index (κ3) is 8.41. The number of aryl methyl sites for hydroxylation is 1. The Morgan fingerprint density at radius 1 is 0.783 bits per heavy atom. The van der Waals surface area contributed by atoms with Crippen LogP contribution in [0.25, 0.3) is 0 Å². The molecule has 9 heteroatoms. The third-order valence-corrected chi connectivity index (χ3v) is 9.62. The lowest BCUT2D eigenvalue weighted by Crippen LogP contribution is -2.37. The Kier molecular flexibility index (Phi) is 10.9. The van der Waals surface area contributed by atoms with Crippen molar-refractivity contribution in [3.63, 3.8) is 0 Å². The van der Waals surface area contributed by atoms with Gasteiger partial charge in [-0.2, -0.15) is 0 Å². The van der Waals surface area contributed by atoms with Gasteiger partial charge in [-0.15, -0.1) is 0 Å². The number of hydrogen-bond acceptors (Lipinski definition) is 6. The van der Waals surface area contributed by atoms with E-state index in [1.54, 1.807) is 60.7 Å². The lowest BCUT2D eigenvalue weighted by molar-refractivity contribution is 0.0694. The fourth-order valence-corrected chi connectivity index (χ4v) is 6.70. The summed E-state index contributed by atoms with van der Waals surface area (Å²) in [5.41, 5.74) is 2.82. The lowest BCUT2D eigenvalue weighted by Gasteiger charge is -2.25. The molecule has 0 aliphatic rings. The minimum Gasteiger partial charge on any atom is -0.478 e. The summed E-state index contributed by atoms with van der Waals surface area (Å²) in [6.07, 6.45) is 1.38. The van der Waals surface area contributed by atoms with E-state index in [9.17, 15) is 23.4 Å². The summed E-state index contributed by atoms with van der Waals surface area (Å²) in [7, 11) is -3.85. The van der Waals surface area contributed by atoms with E-state index in [1.165, 1.54) is 24.3 Å². The van der Waals surface area contributed by atoms with Crippen LogP contribution in [0, 0.1) is 0 Å². The highest BCUT2D eigenvalue weighted by Crippen LogP contribution is 2.30. The Bertz CT molecular complexity index is 1880. The van der Waals surface area contributed by atoms with Crippen molar-refractivity contribution in [3.8, 4) is 11.5 Å². The maximum absolute atomic E-state index is 13.4. The molecule has 1 unspecified atom stereocenters. The molecule has 0 spiro atoms. The first kappa shape index (κ1) is 32.9. The van der Waals surface area contributed by atoms with Crippen molar-refractivity contribution in [2.75, 3.05) is 6.54 Å². The summed E-state index contributed by atoms with van der Waals surface area (Å²) in [6.45, 7) is 0.646. The Labute approximate surface area is 274 Å². The van der Waals surface area contributed by atoms with Gasteiger partial charge in [-0.1, -0.05) is 84.4 Å². The number of para-hydroxylation sites is 1. The molecule has 0 aromatic heterocycles. The quantitative estimate of drug-likeness (QED) is 0.106. The SMILES string of the molecule is O=C(O)c1ccccc1Oc1cccc(S(=O)(=O)c2ccc(CCCNC(Cc3ccccc3)[C@H](O)c3cccc(Cl)c3)cc2)c1. The molecule has 0 aliphatic carbocycles. The summed E-state index contributed by atoms with van der Waals surface area (Å²) in [4.78, 5) is 11.7. The fraction of sp³-hybridized carbons (Fsp3) is 0.162. The average molecular weight is 656 g/mol. The second-order valence-corrected chi connectivity index (χ2v) is 13.3. The maximum atomic E-state index is 13.4. The second-order valence-electron chi connectivity index (χ2n) is 10.9. The number of carbonyl (C=O) groups is 1. The van der Waals surface area contributed by atoms with Crippen molar-refractivity contribution >= 4 is 27.4 Å². The molecular formula is C37H34ClNO6S. The Morgan fingerprint density at radius 2 is 1.50 bits per heavy atom. The van der Waals surface area contributed by atoms with Crippen LogP contribution < -0.4 is 10.1 Å². The summed E-state index contributed by atoms with van der Waals surface area (Å²) in [5, 5.41) is 24.7. The van der Waals surface area contributed by atoms with E-state index in [0.717, 1.165) is 23.1 Å². The van der Waals surface area contributed by atoms with Gasteiger partial charge in [0.05, 0.1) is 15.9 Å². The Morgan fingerprint density at radius 3 is 2.24 bits per heavy atom. The third-order valence-electron chi connectivity index (χ3n) is 7.61. The highest BCUT2D eigenvalue weighted by Gasteiger charge is 2.22. The smallest absolute Gasteiger partial charge is 0.339 e. The predicted octanol–water partition coefficient (Wildman–Crippen LogP) is 7.53. The molecule has 5 aromatic rings. The Hall–Kier alpha value is -4.47. The molecule has 236 valence electrons. The molecule has 0 bridgehead atoms. The van der Waals surface area contributed by atoms with Gasteiger partial charge in [-0.3, -0.25) is 0 Å². The number of benzene rings is 5. The van der Waals surface area contributed by atoms with Crippen LogP contribution in [0.4, 0.5) is 0 Å². The van der Waals surface area contributed by atoms with Crippen molar-refractivity contribution in [2.24, 2.45) is 0 Å². The van der Waals surface area contributed by atoms with Crippen molar-refractivity contribution in [1.29, 1.82) is 0 Å². The van der Waals surface area contributed by atoms with Crippen LogP contribution in [0.2, 0.25) is 5.02 Å². The van der Waals surface area contributed by atoms with Crippen LogP contribution in [-0.2, 0) is 22.7 Å². The van der Waals surface area contributed by atoms with Gasteiger partial charge in [-0.05, 0) is 97.1 Å². The Balaban J connectivity index is 1.21. The number of rotatable bonds is 14. The van der Waals surface area contributed by atoms with E-state index >= 15 is 0 Å². The number of aliphatic hydroxyl groups is 1. The molecule has 7 nitrogen and oxygen atoms in total. The van der Waals surface area contributed by atoms with Crippen LogP contribution in [0.3, 0.4) is 0 Å². The molecule has 0 aliphatic heterocycles. The molecular weight excluding hydrogens is 622 g/mol. The van der Waals surface area contributed by atoms with Gasteiger partial charge < -0.3 is 20.3 Å². The number of nitrogens with one attached hydrogen (secondary N) is 1. The van der Waals surface area contributed by atoms with Gasteiger partial charge in [0, 0.05) is 11.1 Å². The molecule has 0 radical (unpaired) electrons. The molecule has 0 heterocycles. The summed E-state index contributed by atoms with van der Waals surface area (Å²) in [5.74, 6) is -0.809. The number of halogens is 1. The van der Waals surface area contributed by atoms with E-state index in [4.69, 9.17) is 16.3 Å². The maximum Gasteiger partial charge on any atom is 0.339 e. The van der Waals surface area contributed by atoms with Crippen molar-refractivity contribution < 1.29 is 28.2 Å². The van der Waals surface area contributed by atoms with E-state index < -0.39 is 21.9 Å². The highest BCUT2D eigenvalue weighted by molar-refractivity contribution is 7.91. The number of aromatic carboxylic acids is 1.